The maximum Gasteiger partial charge on any atom is 0.413 e. The summed E-state index contributed by atoms with van der Waals surface area (Å²) < 4.78 is 5.17. The maximum absolute atomic E-state index is 11.9. The number of amides is 1. The van der Waals surface area contributed by atoms with E-state index in [1.807, 2.05) is 30.3 Å². The lowest BCUT2D eigenvalue weighted by molar-refractivity contribution is 0.155. The molecule has 0 aliphatic heterocycles. The third-order valence-electron chi connectivity index (χ3n) is 3.24. The molecule has 0 saturated heterocycles. The van der Waals surface area contributed by atoms with Crippen molar-refractivity contribution < 1.29 is 9.53 Å². The first-order valence-corrected chi connectivity index (χ1v) is 7.10. The first kappa shape index (κ1) is 13.8. The molecule has 0 unspecified atom stereocenters. The molecule has 1 aromatic carbocycles. The van der Waals surface area contributed by atoms with Gasteiger partial charge in [0.2, 0.25) is 5.28 Å². The summed E-state index contributed by atoms with van der Waals surface area (Å²) in [5.41, 5.74) is 1.84. The maximum atomic E-state index is 11.9. The summed E-state index contributed by atoms with van der Waals surface area (Å²) in [5, 5.41) is 2.76. The van der Waals surface area contributed by atoms with Crippen LogP contribution in [-0.4, -0.2) is 16.1 Å². The van der Waals surface area contributed by atoms with E-state index in [2.05, 4.69) is 15.3 Å². The molecule has 2 aromatic rings. The summed E-state index contributed by atoms with van der Waals surface area (Å²) in [6.45, 7) is 0.213. The van der Waals surface area contributed by atoms with Crippen molar-refractivity contribution in [1.82, 2.24) is 9.97 Å². The predicted molar refractivity (Wildman–Crippen MR) is 79.3 cm³/mol. The fourth-order valence-electron chi connectivity index (χ4n) is 2.02. The highest BCUT2D eigenvalue weighted by atomic mass is 35.5. The summed E-state index contributed by atoms with van der Waals surface area (Å²) in [6, 6.07) is 9.49. The van der Waals surface area contributed by atoms with Crippen molar-refractivity contribution >= 4 is 23.5 Å². The average Bonchev–Trinajstić information content (AvgIpc) is 3.31. The minimum Gasteiger partial charge on any atom is -0.444 e. The predicted octanol–water partition coefficient (Wildman–Crippen LogP) is 3.76. The zero-order chi connectivity index (χ0) is 14.7. The van der Waals surface area contributed by atoms with Crippen molar-refractivity contribution in [2.45, 2.75) is 25.4 Å². The van der Waals surface area contributed by atoms with Crippen molar-refractivity contribution in [3.05, 3.63) is 52.9 Å². The molecule has 1 heterocycles. The zero-order valence-electron chi connectivity index (χ0n) is 11.3. The molecule has 0 radical (unpaired) electrons. The van der Waals surface area contributed by atoms with E-state index in [0.717, 1.165) is 24.0 Å². The van der Waals surface area contributed by atoms with E-state index < -0.39 is 6.09 Å². The number of nitrogens with zero attached hydrogens (tertiary/aromatic N) is 2. The van der Waals surface area contributed by atoms with Crippen LogP contribution in [0.15, 0.2) is 36.5 Å². The Hall–Kier alpha value is -2.14. The molecular weight excluding hydrogens is 290 g/mol. The van der Waals surface area contributed by atoms with Gasteiger partial charge in [-0.2, -0.15) is 4.98 Å². The molecule has 0 bridgehead atoms. The Morgan fingerprint density at radius 3 is 2.81 bits per heavy atom. The summed E-state index contributed by atoms with van der Waals surface area (Å²) in [4.78, 5) is 19.9. The number of carbonyl (C=O) groups excluding carboxylic acids is 1. The third kappa shape index (κ3) is 3.70. The first-order valence-electron chi connectivity index (χ1n) is 6.72. The first-order chi connectivity index (χ1) is 10.2. The molecule has 0 spiro atoms. The van der Waals surface area contributed by atoms with Crippen molar-refractivity contribution in [1.29, 1.82) is 0 Å². The molecule has 6 heteroatoms. The molecule has 1 N–H and O–H groups in total. The lowest BCUT2D eigenvalue weighted by Gasteiger charge is -2.10. The molecule has 108 valence electrons. The van der Waals surface area contributed by atoms with Gasteiger partial charge >= 0.3 is 6.09 Å². The standard InChI is InChI=1S/C15H14ClN3O2/c16-14-17-8-12(11-6-7-11)13(18-14)19-15(20)21-9-10-4-2-1-3-5-10/h1-5,8,11H,6-7,9H2,(H,17,18,19,20). The van der Waals surface area contributed by atoms with Gasteiger partial charge in [-0.1, -0.05) is 30.3 Å². The van der Waals surface area contributed by atoms with Crippen molar-refractivity contribution in [3.8, 4) is 0 Å². The summed E-state index contributed by atoms with van der Waals surface area (Å²) in [6.07, 6.45) is 3.28. The van der Waals surface area contributed by atoms with Crippen LogP contribution in [0.3, 0.4) is 0 Å². The molecular formula is C15H14ClN3O2. The van der Waals surface area contributed by atoms with Crippen molar-refractivity contribution in [3.63, 3.8) is 0 Å². The zero-order valence-corrected chi connectivity index (χ0v) is 12.0. The summed E-state index contributed by atoms with van der Waals surface area (Å²) in [5.74, 6) is 0.849. The van der Waals surface area contributed by atoms with Crippen LogP contribution >= 0.6 is 11.6 Å². The van der Waals surface area contributed by atoms with Gasteiger partial charge in [0, 0.05) is 11.8 Å². The molecule has 1 aliphatic carbocycles. The Kier molecular flexibility index (Phi) is 4.01. The van der Waals surface area contributed by atoms with Gasteiger partial charge in [0.05, 0.1) is 0 Å². The summed E-state index contributed by atoms with van der Waals surface area (Å²) in [7, 11) is 0. The number of aromatic nitrogens is 2. The molecule has 1 aromatic heterocycles. The Labute approximate surface area is 127 Å². The third-order valence-corrected chi connectivity index (χ3v) is 3.42. The molecule has 0 atom stereocenters. The Morgan fingerprint density at radius 2 is 2.10 bits per heavy atom. The van der Waals surface area contributed by atoms with E-state index in [1.54, 1.807) is 6.20 Å². The second kappa shape index (κ2) is 6.10. The van der Waals surface area contributed by atoms with E-state index >= 15 is 0 Å². The Bertz CT molecular complexity index is 645. The van der Waals surface area contributed by atoms with E-state index in [1.165, 1.54) is 0 Å². The topological polar surface area (TPSA) is 64.1 Å². The number of benzene rings is 1. The van der Waals surface area contributed by atoms with Crippen molar-refractivity contribution in [2.24, 2.45) is 0 Å². The largest absolute Gasteiger partial charge is 0.444 e. The number of nitrogens with one attached hydrogen (secondary N) is 1. The number of ether oxygens (including phenoxy) is 1. The van der Waals surface area contributed by atoms with Gasteiger partial charge in [0.15, 0.2) is 0 Å². The normalized spacial score (nSPS) is 13.8. The van der Waals surface area contributed by atoms with Crippen LogP contribution in [0.5, 0.6) is 0 Å². The van der Waals surface area contributed by atoms with Crippen LogP contribution in [0.25, 0.3) is 0 Å². The van der Waals surface area contributed by atoms with Crippen LogP contribution in [0, 0.1) is 0 Å². The smallest absolute Gasteiger partial charge is 0.413 e. The van der Waals surface area contributed by atoms with Gasteiger partial charge in [-0.25, -0.2) is 9.78 Å². The number of hydrogen-bond acceptors (Lipinski definition) is 4. The highest BCUT2D eigenvalue weighted by Gasteiger charge is 2.28. The van der Waals surface area contributed by atoms with Gasteiger partial charge < -0.3 is 4.74 Å². The van der Waals surface area contributed by atoms with Gasteiger partial charge in [0.25, 0.3) is 0 Å². The van der Waals surface area contributed by atoms with Crippen LogP contribution in [0.1, 0.15) is 29.9 Å². The number of carbonyl (C=O) groups is 1. The number of rotatable bonds is 4. The second-order valence-corrected chi connectivity index (χ2v) is 5.24. The van der Waals surface area contributed by atoms with Gasteiger partial charge in [0.1, 0.15) is 12.4 Å². The van der Waals surface area contributed by atoms with Gasteiger partial charge in [-0.3, -0.25) is 5.32 Å². The van der Waals surface area contributed by atoms with E-state index in [0.29, 0.717) is 11.7 Å². The fraction of sp³-hybridized carbons (Fsp3) is 0.267. The van der Waals surface area contributed by atoms with Crippen LogP contribution in [-0.2, 0) is 11.3 Å². The molecule has 1 amide bonds. The van der Waals surface area contributed by atoms with E-state index in [9.17, 15) is 4.79 Å². The SMILES string of the molecule is O=C(Nc1nc(Cl)ncc1C1CC1)OCc1ccccc1. The highest BCUT2D eigenvalue weighted by molar-refractivity contribution is 6.28. The van der Waals surface area contributed by atoms with Crippen LogP contribution in [0.2, 0.25) is 5.28 Å². The van der Waals surface area contributed by atoms with Crippen LogP contribution in [0.4, 0.5) is 10.6 Å². The lowest BCUT2D eigenvalue weighted by Crippen LogP contribution is -2.16. The van der Waals surface area contributed by atoms with E-state index in [-0.39, 0.29) is 11.9 Å². The molecule has 21 heavy (non-hydrogen) atoms. The Balaban J connectivity index is 1.63. The quantitative estimate of drug-likeness (QED) is 0.874. The van der Waals surface area contributed by atoms with Gasteiger partial charge in [-0.05, 0) is 35.9 Å². The number of halogens is 1. The number of hydrogen-bond donors (Lipinski definition) is 1. The average molecular weight is 304 g/mol. The molecule has 1 fully saturated rings. The molecule has 5 nitrogen and oxygen atoms in total. The van der Waals surface area contributed by atoms with Crippen LogP contribution < -0.4 is 5.32 Å². The second-order valence-electron chi connectivity index (χ2n) is 4.90. The summed E-state index contributed by atoms with van der Waals surface area (Å²) >= 11 is 5.78. The lowest BCUT2D eigenvalue weighted by atomic mass is 10.2. The van der Waals surface area contributed by atoms with E-state index in [4.69, 9.17) is 16.3 Å². The molecule has 1 saturated carbocycles. The highest BCUT2D eigenvalue weighted by Crippen LogP contribution is 2.42. The molecule has 1 aliphatic rings. The minimum atomic E-state index is -0.546. The Morgan fingerprint density at radius 1 is 1.33 bits per heavy atom. The minimum absolute atomic E-state index is 0.109. The monoisotopic (exact) mass is 303 g/mol. The fourth-order valence-corrected chi connectivity index (χ4v) is 2.15. The number of anilines is 1. The van der Waals surface area contributed by atoms with Crippen molar-refractivity contribution in [2.75, 3.05) is 5.32 Å². The van der Waals surface area contributed by atoms with Gasteiger partial charge in [-0.15, -0.1) is 0 Å². The molecule has 3 rings (SSSR count).